The molecule has 3 nitrogen and oxygen atoms in total. The summed E-state index contributed by atoms with van der Waals surface area (Å²) in [7, 11) is 0. The van der Waals surface area contributed by atoms with Crippen molar-refractivity contribution in [3.05, 3.63) is 0 Å². The highest BCUT2D eigenvalue weighted by molar-refractivity contribution is 4.78. The smallest absolute Gasteiger partial charge is 0.0593 e. The average molecular weight is 200 g/mol. The molecule has 1 aliphatic heterocycles. The molecule has 1 saturated heterocycles. The third-order valence-corrected chi connectivity index (χ3v) is 2.97. The largest absolute Gasteiger partial charge is 0.380 e. The topological polar surface area (TPSA) is 38.5 Å². The fraction of sp³-hybridized carbons (Fsp3) is 1.00. The average Bonchev–Trinajstić information content (AvgIpc) is 2.63. The predicted molar refractivity (Wildman–Crippen MR) is 59.4 cm³/mol. The lowest BCUT2D eigenvalue weighted by atomic mass is 10.1. The Hall–Kier alpha value is -0.120. The van der Waals surface area contributed by atoms with Crippen molar-refractivity contribution in [2.45, 2.75) is 38.6 Å². The van der Waals surface area contributed by atoms with Crippen LogP contribution in [-0.2, 0) is 4.74 Å². The summed E-state index contributed by atoms with van der Waals surface area (Å²) in [4.78, 5) is 2.56. The fourth-order valence-electron chi connectivity index (χ4n) is 2.20. The molecule has 0 aromatic heterocycles. The first-order valence-corrected chi connectivity index (χ1v) is 5.90. The van der Waals surface area contributed by atoms with Gasteiger partial charge in [0, 0.05) is 19.2 Å². The Kier molecular flexibility index (Phi) is 6.15. The van der Waals surface area contributed by atoms with E-state index in [0.717, 1.165) is 38.8 Å². The third-order valence-electron chi connectivity index (χ3n) is 2.97. The van der Waals surface area contributed by atoms with E-state index in [1.807, 2.05) is 0 Å². The van der Waals surface area contributed by atoms with Crippen LogP contribution in [0.3, 0.4) is 0 Å². The normalized spacial score (nSPS) is 23.1. The molecule has 0 aromatic carbocycles. The van der Waals surface area contributed by atoms with Crippen LogP contribution in [-0.4, -0.2) is 43.8 Å². The summed E-state index contributed by atoms with van der Waals surface area (Å²) in [6, 6.07) is 0.777. The highest BCUT2D eigenvalue weighted by atomic mass is 16.5. The van der Waals surface area contributed by atoms with E-state index in [1.165, 1.54) is 25.8 Å². The molecule has 1 atom stereocenters. The summed E-state index contributed by atoms with van der Waals surface area (Å²) in [5, 5.41) is 0. The van der Waals surface area contributed by atoms with E-state index >= 15 is 0 Å². The number of nitrogens with zero attached hydrogens (tertiary/aromatic N) is 1. The Morgan fingerprint density at radius 3 is 3.07 bits per heavy atom. The molecule has 0 aromatic rings. The van der Waals surface area contributed by atoms with Crippen LogP contribution in [0.15, 0.2) is 0 Å². The monoisotopic (exact) mass is 200 g/mol. The molecule has 1 unspecified atom stereocenters. The van der Waals surface area contributed by atoms with Crippen LogP contribution in [0.25, 0.3) is 0 Å². The zero-order valence-corrected chi connectivity index (χ0v) is 9.37. The van der Waals surface area contributed by atoms with E-state index in [2.05, 4.69) is 11.8 Å². The Morgan fingerprint density at radius 1 is 1.50 bits per heavy atom. The lowest BCUT2D eigenvalue weighted by molar-refractivity contribution is 0.107. The van der Waals surface area contributed by atoms with Crippen molar-refractivity contribution in [2.75, 3.05) is 32.8 Å². The van der Waals surface area contributed by atoms with E-state index in [9.17, 15) is 0 Å². The van der Waals surface area contributed by atoms with Gasteiger partial charge in [0.05, 0.1) is 6.61 Å². The van der Waals surface area contributed by atoms with Crippen LogP contribution in [0.5, 0.6) is 0 Å². The molecule has 1 rings (SSSR count). The summed E-state index contributed by atoms with van der Waals surface area (Å²) < 4.78 is 5.38. The van der Waals surface area contributed by atoms with Crippen LogP contribution < -0.4 is 5.73 Å². The van der Waals surface area contributed by atoms with Crippen LogP contribution in [0.2, 0.25) is 0 Å². The molecular weight excluding hydrogens is 176 g/mol. The quantitative estimate of drug-likeness (QED) is 0.628. The molecule has 84 valence electrons. The van der Waals surface area contributed by atoms with Gasteiger partial charge in [-0.3, -0.25) is 4.90 Å². The van der Waals surface area contributed by atoms with Gasteiger partial charge in [0.1, 0.15) is 0 Å². The van der Waals surface area contributed by atoms with E-state index < -0.39 is 0 Å². The molecule has 1 fully saturated rings. The molecule has 0 saturated carbocycles. The molecule has 0 aliphatic carbocycles. The van der Waals surface area contributed by atoms with Gasteiger partial charge in [-0.25, -0.2) is 0 Å². The molecule has 14 heavy (non-hydrogen) atoms. The molecule has 1 aliphatic rings. The van der Waals surface area contributed by atoms with Crippen LogP contribution in [0, 0.1) is 0 Å². The second kappa shape index (κ2) is 7.21. The van der Waals surface area contributed by atoms with Gasteiger partial charge in [0.15, 0.2) is 0 Å². The highest BCUT2D eigenvalue weighted by Crippen LogP contribution is 2.20. The van der Waals surface area contributed by atoms with E-state index in [1.54, 1.807) is 0 Å². The van der Waals surface area contributed by atoms with Crippen molar-refractivity contribution < 1.29 is 4.74 Å². The minimum atomic E-state index is 0.777. The van der Waals surface area contributed by atoms with Gasteiger partial charge < -0.3 is 10.5 Å². The Balaban J connectivity index is 2.14. The summed E-state index contributed by atoms with van der Waals surface area (Å²) in [5.41, 5.74) is 5.53. The van der Waals surface area contributed by atoms with Gasteiger partial charge in [-0.05, 0) is 45.7 Å². The maximum absolute atomic E-state index is 5.53. The zero-order valence-electron chi connectivity index (χ0n) is 9.37. The van der Waals surface area contributed by atoms with Crippen molar-refractivity contribution in [3.8, 4) is 0 Å². The first-order valence-electron chi connectivity index (χ1n) is 5.90. The Labute approximate surface area is 87.6 Å². The standard InChI is InChI=1S/C11H24N2O/c1-2-14-10-9-13-8-4-6-11(13)5-3-7-12/h11H,2-10,12H2,1H3. The number of nitrogens with two attached hydrogens (primary N) is 1. The van der Waals surface area contributed by atoms with Gasteiger partial charge in [-0.2, -0.15) is 0 Å². The number of hydrogen-bond acceptors (Lipinski definition) is 3. The summed E-state index contributed by atoms with van der Waals surface area (Å²) in [6.45, 7) is 6.95. The lowest BCUT2D eigenvalue weighted by Crippen LogP contribution is -2.32. The summed E-state index contributed by atoms with van der Waals surface area (Å²) in [5.74, 6) is 0. The molecule has 0 spiro atoms. The predicted octanol–water partition coefficient (Wildman–Crippen LogP) is 1.23. The maximum Gasteiger partial charge on any atom is 0.0593 e. The third kappa shape index (κ3) is 3.95. The van der Waals surface area contributed by atoms with Crippen molar-refractivity contribution in [2.24, 2.45) is 5.73 Å². The zero-order chi connectivity index (χ0) is 10.2. The van der Waals surface area contributed by atoms with E-state index in [-0.39, 0.29) is 0 Å². The minimum Gasteiger partial charge on any atom is -0.380 e. The number of likely N-dealkylation sites (tertiary alicyclic amines) is 1. The Morgan fingerprint density at radius 2 is 2.36 bits per heavy atom. The maximum atomic E-state index is 5.53. The van der Waals surface area contributed by atoms with Gasteiger partial charge >= 0.3 is 0 Å². The first-order chi connectivity index (χ1) is 6.88. The minimum absolute atomic E-state index is 0.777. The molecule has 1 heterocycles. The Bertz CT molecular complexity index is 141. The summed E-state index contributed by atoms with van der Waals surface area (Å²) in [6.07, 6.45) is 5.13. The second-order valence-corrected chi connectivity index (χ2v) is 3.96. The van der Waals surface area contributed by atoms with Gasteiger partial charge in [0.25, 0.3) is 0 Å². The molecule has 0 amide bonds. The molecule has 0 radical (unpaired) electrons. The lowest BCUT2D eigenvalue weighted by Gasteiger charge is -2.23. The highest BCUT2D eigenvalue weighted by Gasteiger charge is 2.22. The second-order valence-electron chi connectivity index (χ2n) is 3.96. The molecule has 2 N–H and O–H groups in total. The van der Waals surface area contributed by atoms with Crippen molar-refractivity contribution in [1.29, 1.82) is 0 Å². The van der Waals surface area contributed by atoms with Gasteiger partial charge in [-0.1, -0.05) is 0 Å². The molecule has 0 bridgehead atoms. The first kappa shape index (κ1) is 12.0. The molecular formula is C11H24N2O. The number of rotatable bonds is 7. The number of hydrogen-bond donors (Lipinski definition) is 1. The fourth-order valence-corrected chi connectivity index (χ4v) is 2.20. The molecule has 3 heteroatoms. The van der Waals surface area contributed by atoms with Gasteiger partial charge in [0.2, 0.25) is 0 Å². The van der Waals surface area contributed by atoms with Crippen molar-refractivity contribution >= 4 is 0 Å². The van der Waals surface area contributed by atoms with Crippen molar-refractivity contribution in [3.63, 3.8) is 0 Å². The van der Waals surface area contributed by atoms with E-state index in [4.69, 9.17) is 10.5 Å². The van der Waals surface area contributed by atoms with E-state index in [0.29, 0.717) is 0 Å². The van der Waals surface area contributed by atoms with Gasteiger partial charge in [-0.15, -0.1) is 0 Å². The summed E-state index contributed by atoms with van der Waals surface area (Å²) >= 11 is 0. The SMILES string of the molecule is CCOCCN1CCCC1CCCN. The van der Waals surface area contributed by atoms with Crippen molar-refractivity contribution in [1.82, 2.24) is 4.90 Å². The van der Waals surface area contributed by atoms with Crippen LogP contribution in [0.4, 0.5) is 0 Å². The number of ether oxygens (including phenoxy) is 1. The van der Waals surface area contributed by atoms with Crippen LogP contribution in [0.1, 0.15) is 32.6 Å². The van der Waals surface area contributed by atoms with Crippen LogP contribution >= 0.6 is 0 Å².